The first-order chi connectivity index (χ1) is 10.2. The van der Waals surface area contributed by atoms with Gasteiger partial charge in [0, 0.05) is 13.6 Å². The number of thiophene rings is 1. The van der Waals surface area contributed by atoms with E-state index >= 15 is 0 Å². The highest BCUT2D eigenvalue weighted by atomic mass is 32.1. The van der Waals surface area contributed by atoms with Gasteiger partial charge >= 0.3 is 0 Å². The molecule has 2 aromatic heterocycles. The fourth-order valence-electron chi connectivity index (χ4n) is 1.97. The summed E-state index contributed by atoms with van der Waals surface area (Å²) in [4.78, 5) is 15.4. The summed E-state index contributed by atoms with van der Waals surface area (Å²) in [6, 6.07) is 11.5. The van der Waals surface area contributed by atoms with Crippen LogP contribution in [0.25, 0.3) is 5.69 Å². The van der Waals surface area contributed by atoms with E-state index in [4.69, 9.17) is 0 Å². The molecule has 0 spiro atoms. The van der Waals surface area contributed by atoms with Gasteiger partial charge < -0.3 is 4.90 Å². The third-order valence-corrected chi connectivity index (χ3v) is 3.78. The van der Waals surface area contributed by atoms with Crippen LogP contribution in [0.4, 0.5) is 0 Å². The number of hydrogen-bond acceptors (Lipinski definition) is 4. The predicted molar refractivity (Wildman–Crippen MR) is 81.5 cm³/mol. The van der Waals surface area contributed by atoms with Gasteiger partial charge in [0.2, 0.25) is 0 Å². The first kappa shape index (κ1) is 13.5. The van der Waals surface area contributed by atoms with Crippen molar-refractivity contribution in [2.24, 2.45) is 0 Å². The molecule has 0 fully saturated rings. The van der Waals surface area contributed by atoms with Gasteiger partial charge in [0.25, 0.3) is 5.91 Å². The van der Waals surface area contributed by atoms with Gasteiger partial charge in [-0.25, -0.2) is 0 Å². The largest absolute Gasteiger partial charge is 0.336 e. The molecule has 5 nitrogen and oxygen atoms in total. The van der Waals surface area contributed by atoms with Crippen molar-refractivity contribution in [3.63, 3.8) is 0 Å². The van der Waals surface area contributed by atoms with Gasteiger partial charge in [-0.1, -0.05) is 18.2 Å². The molecule has 0 radical (unpaired) electrons. The van der Waals surface area contributed by atoms with E-state index in [-0.39, 0.29) is 5.91 Å². The van der Waals surface area contributed by atoms with Gasteiger partial charge in [-0.2, -0.15) is 21.2 Å². The average molecular weight is 298 g/mol. The number of carbonyl (C=O) groups excluding carboxylic acids is 1. The molecule has 106 valence electrons. The number of para-hydroxylation sites is 1. The predicted octanol–water partition coefficient (Wildman–Crippen LogP) is 2.60. The van der Waals surface area contributed by atoms with Crippen molar-refractivity contribution < 1.29 is 4.79 Å². The molecule has 2 heterocycles. The quantitative estimate of drug-likeness (QED) is 0.744. The maximum atomic E-state index is 12.3. The van der Waals surface area contributed by atoms with Gasteiger partial charge in [-0.3, -0.25) is 4.79 Å². The van der Waals surface area contributed by atoms with E-state index in [1.165, 1.54) is 11.0 Å². The Morgan fingerprint density at radius 1 is 1.29 bits per heavy atom. The Kier molecular flexibility index (Phi) is 3.79. The van der Waals surface area contributed by atoms with Crippen LogP contribution in [0.3, 0.4) is 0 Å². The van der Waals surface area contributed by atoms with E-state index in [9.17, 15) is 4.79 Å². The van der Waals surface area contributed by atoms with Crippen molar-refractivity contribution in [3.8, 4) is 5.69 Å². The number of amides is 1. The normalized spacial score (nSPS) is 10.5. The van der Waals surface area contributed by atoms with E-state index in [1.807, 2.05) is 47.2 Å². The summed E-state index contributed by atoms with van der Waals surface area (Å²) < 4.78 is 0. The molecule has 1 amide bonds. The highest BCUT2D eigenvalue weighted by molar-refractivity contribution is 7.07. The molecule has 0 bridgehead atoms. The lowest BCUT2D eigenvalue weighted by Crippen LogP contribution is -2.26. The molecule has 3 rings (SSSR count). The summed E-state index contributed by atoms with van der Waals surface area (Å²) in [6.07, 6.45) is 1.50. The van der Waals surface area contributed by atoms with Crippen LogP contribution in [-0.4, -0.2) is 32.8 Å². The van der Waals surface area contributed by atoms with Crippen LogP contribution in [-0.2, 0) is 6.54 Å². The average Bonchev–Trinajstić information content (AvgIpc) is 3.18. The molecule has 3 aromatic rings. The first-order valence-electron chi connectivity index (χ1n) is 6.48. The van der Waals surface area contributed by atoms with Crippen LogP contribution in [0.15, 0.2) is 53.4 Å². The second-order valence-corrected chi connectivity index (χ2v) is 5.43. The second kappa shape index (κ2) is 5.88. The Hall–Kier alpha value is -2.47. The number of aromatic nitrogens is 3. The van der Waals surface area contributed by atoms with Gasteiger partial charge in [0.1, 0.15) is 0 Å². The van der Waals surface area contributed by atoms with Gasteiger partial charge in [0.05, 0.1) is 11.9 Å². The summed E-state index contributed by atoms with van der Waals surface area (Å²) in [6.45, 7) is 0.570. The third-order valence-electron chi connectivity index (χ3n) is 3.04. The highest BCUT2D eigenvalue weighted by Gasteiger charge is 2.16. The topological polar surface area (TPSA) is 51.0 Å². The Morgan fingerprint density at radius 2 is 2.10 bits per heavy atom. The SMILES string of the molecule is CN(Cc1ccsc1)C(=O)c1cnn(-c2ccccc2)n1. The molecule has 0 N–H and O–H groups in total. The van der Waals surface area contributed by atoms with E-state index in [2.05, 4.69) is 10.2 Å². The van der Waals surface area contributed by atoms with Crippen LogP contribution in [0.2, 0.25) is 0 Å². The molecular formula is C15H14N4OS. The van der Waals surface area contributed by atoms with Crippen LogP contribution < -0.4 is 0 Å². The standard InChI is InChI=1S/C15H14N4OS/c1-18(10-12-7-8-21-11-12)15(20)14-9-16-19(17-14)13-5-3-2-4-6-13/h2-9,11H,10H2,1H3. The maximum absolute atomic E-state index is 12.3. The molecular weight excluding hydrogens is 284 g/mol. The van der Waals surface area contributed by atoms with E-state index in [0.717, 1.165) is 11.3 Å². The first-order valence-corrected chi connectivity index (χ1v) is 7.42. The van der Waals surface area contributed by atoms with Crippen LogP contribution in [0.5, 0.6) is 0 Å². The lowest BCUT2D eigenvalue weighted by Gasteiger charge is -2.14. The van der Waals surface area contributed by atoms with Gasteiger partial charge in [-0.05, 0) is 34.5 Å². The molecule has 0 aliphatic carbocycles. The van der Waals surface area contributed by atoms with Crippen LogP contribution >= 0.6 is 11.3 Å². The molecule has 0 saturated carbocycles. The number of benzene rings is 1. The fraction of sp³-hybridized carbons (Fsp3) is 0.133. The van der Waals surface area contributed by atoms with Crippen molar-refractivity contribution in [2.45, 2.75) is 6.54 Å². The van der Waals surface area contributed by atoms with Gasteiger partial charge in [-0.15, -0.1) is 5.10 Å². The zero-order valence-corrected chi connectivity index (χ0v) is 12.3. The molecule has 0 unspecified atom stereocenters. The summed E-state index contributed by atoms with van der Waals surface area (Å²) in [7, 11) is 1.77. The minimum Gasteiger partial charge on any atom is -0.336 e. The van der Waals surface area contributed by atoms with E-state index < -0.39 is 0 Å². The molecule has 0 saturated heterocycles. The number of carbonyl (C=O) groups is 1. The summed E-state index contributed by atoms with van der Waals surface area (Å²) in [5.74, 6) is -0.136. The maximum Gasteiger partial charge on any atom is 0.276 e. The Balaban J connectivity index is 1.75. The van der Waals surface area contributed by atoms with Crippen molar-refractivity contribution >= 4 is 17.2 Å². The molecule has 0 atom stereocenters. The van der Waals surface area contributed by atoms with Crippen molar-refractivity contribution in [3.05, 3.63) is 64.6 Å². The minimum atomic E-state index is -0.136. The molecule has 0 aliphatic rings. The smallest absolute Gasteiger partial charge is 0.276 e. The Bertz CT molecular complexity index is 721. The fourth-order valence-corrected chi connectivity index (χ4v) is 2.63. The summed E-state index contributed by atoms with van der Waals surface area (Å²) in [5.41, 5.74) is 2.29. The monoisotopic (exact) mass is 298 g/mol. The molecule has 6 heteroatoms. The molecule has 0 aliphatic heterocycles. The number of nitrogens with zero attached hydrogens (tertiary/aromatic N) is 4. The van der Waals surface area contributed by atoms with E-state index in [1.54, 1.807) is 23.3 Å². The third kappa shape index (κ3) is 3.00. The zero-order chi connectivity index (χ0) is 14.7. The lowest BCUT2D eigenvalue weighted by molar-refractivity contribution is 0.0779. The summed E-state index contributed by atoms with van der Waals surface area (Å²) in [5, 5.41) is 12.4. The minimum absolute atomic E-state index is 0.136. The van der Waals surface area contributed by atoms with Crippen LogP contribution in [0, 0.1) is 0 Å². The Labute approximate surface area is 126 Å². The van der Waals surface area contributed by atoms with Gasteiger partial charge in [0.15, 0.2) is 5.69 Å². The number of hydrogen-bond donors (Lipinski definition) is 0. The Morgan fingerprint density at radius 3 is 2.81 bits per heavy atom. The molecule has 1 aromatic carbocycles. The second-order valence-electron chi connectivity index (χ2n) is 4.65. The summed E-state index contributed by atoms with van der Waals surface area (Å²) >= 11 is 1.62. The zero-order valence-electron chi connectivity index (χ0n) is 11.5. The van der Waals surface area contributed by atoms with Crippen LogP contribution in [0.1, 0.15) is 16.1 Å². The molecule has 21 heavy (non-hydrogen) atoms. The van der Waals surface area contributed by atoms with Crippen molar-refractivity contribution in [2.75, 3.05) is 7.05 Å². The van der Waals surface area contributed by atoms with E-state index in [0.29, 0.717) is 12.2 Å². The highest BCUT2D eigenvalue weighted by Crippen LogP contribution is 2.11. The van der Waals surface area contributed by atoms with Crippen molar-refractivity contribution in [1.82, 2.24) is 19.9 Å². The lowest BCUT2D eigenvalue weighted by atomic mass is 10.3. The van der Waals surface area contributed by atoms with Crippen molar-refractivity contribution in [1.29, 1.82) is 0 Å². The number of rotatable bonds is 4.